The molecule has 1 saturated carbocycles. The summed E-state index contributed by atoms with van der Waals surface area (Å²) < 4.78 is 39.8. The number of aromatic amines is 1. The highest BCUT2D eigenvalue weighted by molar-refractivity contribution is 6.09. The molecule has 4 rings (SSSR count). The summed E-state index contributed by atoms with van der Waals surface area (Å²) in [6.45, 7) is 0. The summed E-state index contributed by atoms with van der Waals surface area (Å²) in [5.74, 6) is -5.54. The molecule has 1 heterocycles. The van der Waals surface area contributed by atoms with Gasteiger partial charge < -0.3 is 15.6 Å². The van der Waals surface area contributed by atoms with Crippen LogP contribution in [0.5, 0.6) is 0 Å². The second-order valence-electron chi connectivity index (χ2n) is 6.88. The standard InChI is InChI=1S/C20H16F3N3O2/c21-14-6-12(7-15(8-14)25-19(28)13-9-20(22,23)10-13)18(27)26-16-3-1-2-11-4-5-24-17(11)16/h1-8,13,24H,9-10H2,(H,25,28)(H,26,27). The molecule has 3 aromatic rings. The first-order chi connectivity index (χ1) is 13.3. The van der Waals surface area contributed by atoms with E-state index >= 15 is 0 Å². The maximum absolute atomic E-state index is 13.9. The molecular formula is C20H16F3N3O2. The molecule has 1 fully saturated rings. The van der Waals surface area contributed by atoms with Crippen LogP contribution in [0.25, 0.3) is 10.9 Å². The van der Waals surface area contributed by atoms with Crippen LogP contribution in [0.15, 0.2) is 48.7 Å². The zero-order valence-corrected chi connectivity index (χ0v) is 14.6. The van der Waals surface area contributed by atoms with Gasteiger partial charge >= 0.3 is 0 Å². The number of nitrogens with one attached hydrogen (secondary N) is 3. The maximum Gasteiger partial charge on any atom is 0.255 e. The van der Waals surface area contributed by atoms with Crippen LogP contribution in [0.3, 0.4) is 0 Å². The minimum atomic E-state index is -2.83. The van der Waals surface area contributed by atoms with E-state index in [0.29, 0.717) is 5.69 Å². The minimum Gasteiger partial charge on any atom is -0.359 e. The summed E-state index contributed by atoms with van der Waals surface area (Å²) in [5, 5.41) is 6.02. The highest BCUT2D eigenvalue weighted by Gasteiger charge is 2.48. The number of amides is 2. The molecule has 8 heteroatoms. The topological polar surface area (TPSA) is 74.0 Å². The number of hydrogen-bond donors (Lipinski definition) is 3. The fraction of sp³-hybridized carbons (Fsp3) is 0.200. The molecule has 0 atom stereocenters. The smallest absolute Gasteiger partial charge is 0.255 e. The number of halogens is 3. The summed E-state index contributed by atoms with van der Waals surface area (Å²) in [6, 6.07) is 10.6. The number of aromatic nitrogens is 1. The van der Waals surface area contributed by atoms with Gasteiger partial charge in [0, 0.05) is 41.6 Å². The maximum atomic E-state index is 13.9. The van der Waals surface area contributed by atoms with Gasteiger partial charge in [-0.3, -0.25) is 9.59 Å². The van der Waals surface area contributed by atoms with Gasteiger partial charge in [0.25, 0.3) is 5.91 Å². The molecule has 0 bridgehead atoms. The first-order valence-corrected chi connectivity index (χ1v) is 8.67. The second-order valence-corrected chi connectivity index (χ2v) is 6.88. The number of alkyl halides is 2. The van der Waals surface area contributed by atoms with Gasteiger partial charge in [-0.15, -0.1) is 0 Å². The van der Waals surface area contributed by atoms with Gasteiger partial charge in [0.1, 0.15) is 5.82 Å². The Labute approximate surface area is 157 Å². The van der Waals surface area contributed by atoms with Crippen LogP contribution in [0, 0.1) is 11.7 Å². The summed E-state index contributed by atoms with van der Waals surface area (Å²) in [4.78, 5) is 27.6. The van der Waals surface area contributed by atoms with Crippen LogP contribution in [0.2, 0.25) is 0 Å². The zero-order valence-electron chi connectivity index (χ0n) is 14.6. The van der Waals surface area contributed by atoms with Gasteiger partial charge in [-0.25, -0.2) is 13.2 Å². The van der Waals surface area contributed by atoms with Crippen LogP contribution < -0.4 is 10.6 Å². The molecule has 1 aromatic heterocycles. The van der Waals surface area contributed by atoms with E-state index in [-0.39, 0.29) is 11.3 Å². The number of hydrogen-bond acceptors (Lipinski definition) is 2. The highest BCUT2D eigenvalue weighted by Crippen LogP contribution is 2.42. The SMILES string of the molecule is O=C(Nc1cccc2cc[nH]c12)c1cc(F)cc(NC(=O)C2CC(F)(F)C2)c1. The predicted molar refractivity (Wildman–Crippen MR) is 99.0 cm³/mol. The van der Waals surface area contributed by atoms with E-state index in [9.17, 15) is 22.8 Å². The van der Waals surface area contributed by atoms with Crippen LogP contribution in [0.4, 0.5) is 24.5 Å². The van der Waals surface area contributed by atoms with Crippen molar-refractivity contribution in [2.24, 2.45) is 5.92 Å². The Morgan fingerprint density at radius 2 is 1.86 bits per heavy atom. The molecule has 1 aliphatic carbocycles. The van der Waals surface area contributed by atoms with Crippen molar-refractivity contribution >= 4 is 34.1 Å². The summed E-state index contributed by atoms with van der Waals surface area (Å²) in [7, 11) is 0. The molecular weight excluding hydrogens is 371 g/mol. The van der Waals surface area contributed by atoms with Gasteiger partial charge in [0.05, 0.1) is 11.2 Å². The fourth-order valence-corrected chi connectivity index (χ4v) is 3.27. The quantitative estimate of drug-likeness (QED) is 0.615. The zero-order chi connectivity index (χ0) is 19.9. The number of anilines is 2. The molecule has 1 aliphatic rings. The van der Waals surface area contributed by atoms with Crippen molar-refractivity contribution in [3.05, 3.63) is 60.0 Å². The Hall–Kier alpha value is -3.29. The van der Waals surface area contributed by atoms with E-state index in [2.05, 4.69) is 15.6 Å². The van der Waals surface area contributed by atoms with Crippen LogP contribution in [0.1, 0.15) is 23.2 Å². The van der Waals surface area contributed by atoms with E-state index in [1.165, 1.54) is 6.07 Å². The lowest BCUT2D eigenvalue weighted by atomic mass is 9.81. The van der Waals surface area contributed by atoms with Gasteiger partial charge in [-0.1, -0.05) is 12.1 Å². The van der Waals surface area contributed by atoms with Crippen molar-refractivity contribution in [2.75, 3.05) is 10.6 Å². The Morgan fingerprint density at radius 1 is 1.07 bits per heavy atom. The minimum absolute atomic E-state index is 0.00204. The van der Waals surface area contributed by atoms with Crippen molar-refractivity contribution in [2.45, 2.75) is 18.8 Å². The molecule has 5 nitrogen and oxygen atoms in total. The van der Waals surface area contributed by atoms with Gasteiger partial charge in [0.2, 0.25) is 11.8 Å². The van der Waals surface area contributed by atoms with E-state index in [1.807, 2.05) is 12.1 Å². The average Bonchev–Trinajstić information content (AvgIpc) is 3.08. The first-order valence-electron chi connectivity index (χ1n) is 8.67. The Balaban J connectivity index is 1.51. The third-order valence-corrected chi connectivity index (χ3v) is 4.72. The number of carbonyl (C=O) groups excluding carboxylic acids is 2. The molecule has 28 heavy (non-hydrogen) atoms. The molecule has 0 aliphatic heterocycles. The summed E-state index contributed by atoms with van der Waals surface area (Å²) >= 11 is 0. The van der Waals surface area contributed by atoms with Crippen molar-refractivity contribution in [3.63, 3.8) is 0 Å². The number of carbonyl (C=O) groups is 2. The monoisotopic (exact) mass is 387 g/mol. The molecule has 144 valence electrons. The normalized spacial score (nSPS) is 15.8. The van der Waals surface area contributed by atoms with E-state index < -0.39 is 42.3 Å². The van der Waals surface area contributed by atoms with Gasteiger partial charge in [-0.05, 0) is 30.3 Å². The lowest BCUT2D eigenvalue weighted by molar-refractivity contribution is -0.145. The highest BCUT2D eigenvalue weighted by atomic mass is 19.3. The lowest BCUT2D eigenvalue weighted by Gasteiger charge is -2.33. The van der Waals surface area contributed by atoms with Gasteiger partial charge in [-0.2, -0.15) is 0 Å². The molecule has 2 amide bonds. The number of para-hydroxylation sites is 1. The molecule has 0 radical (unpaired) electrons. The van der Waals surface area contributed by atoms with E-state index in [0.717, 1.165) is 23.0 Å². The Morgan fingerprint density at radius 3 is 2.61 bits per heavy atom. The summed E-state index contributed by atoms with van der Waals surface area (Å²) in [6.07, 6.45) is 0.684. The molecule has 0 spiro atoms. The average molecular weight is 387 g/mol. The Kier molecular flexibility index (Phi) is 4.33. The van der Waals surface area contributed by atoms with Crippen LogP contribution in [-0.4, -0.2) is 22.7 Å². The van der Waals surface area contributed by atoms with Crippen LogP contribution in [-0.2, 0) is 4.79 Å². The molecule has 0 saturated heterocycles. The first kappa shape index (κ1) is 18.1. The molecule has 3 N–H and O–H groups in total. The molecule has 2 aromatic carbocycles. The number of fused-ring (bicyclic) bond motifs is 1. The number of benzene rings is 2. The number of H-pyrrole nitrogens is 1. The van der Waals surface area contributed by atoms with Crippen molar-refractivity contribution < 1.29 is 22.8 Å². The van der Waals surface area contributed by atoms with Crippen molar-refractivity contribution in [3.8, 4) is 0 Å². The lowest BCUT2D eigenvalue weighted by Crippen LogP contribution is -2.42. The summed E-state index contributed by atoms with van der Waals surface area (Å²) in [5.41, 5.74) is 1.30. The van der Waals surface area contributed by atoms with Crippen LogP contribution >= 0.6 is 0 Å². The predicted octanol–water partition coefficient (Wildman–Crippen LogP) is 4.54. The number of rotatable bonds is 4. The fourth-order valence-electron chi connectivity index (χ4n) is 3.27. The second kappa shape index (κ2) is 6.70. The Bertz CT molecular complexity index is 1070. The van der Waals surface area contributed by atoms with Crippen molar-refractivity contribution in [1.29, 1.82) is 0 Å². The van der Waals surface area contributed by atoms with E-state index in [1.54, 1.807) is 18.3 Å². The van der Waals surface area contributed by atoms with Crippen molar-refractivity contribution in [1.82, 2.24) is 4.98 Å². The third kappa shape index (κ3) is 3.58. The van der Waals surface area contributed by atoms with E-state index in [4.69, 9.17) is 0 Å². The van der Waals surface area contributed by atoms with Gasteiger partial charge in [0.15, 0.2) is 0 Å². The third-order valence-electron chi connectivity index (χ3n) is 4.72. The largest absolute Gasteiger partial charge is 0.359 e. The molecule has 0 unspecified atom stereocenters.